The molecule has 202 valence electrons. The Balaban J connectivity index is 2.26. The van der Waals surface area contributed by atoms with Crippen LogP contribution in [0.2, 0.25) is 0 Å². The summed E-state index contributed by atoms with van der Waals surface area (Å²) < 4.78 is 84.7. The zero-order chi connectivity index (χ0) is 27.9. The third-order valence-electron chi connectivity index (χ3n) is 5.39. The lowest BCUT2D eigenvalue weighted by atomic mass is 9.92. The first-order valence-electron chi connectivity index (χ1n) is 11.1. The highest BCUT2D eigenvalue weighted by Crippen LogP contribution is 2.43. The summed E-state index contributed by atoms with van der Waals surface area (Å²) in [5.74, 6) is -2.45. The standard InChI is InChI=1S/C25H28F3NO7S/c1-5-10-21(22(30)35-6-2)29-37(32,33)20-15-13-18(14-16-20)17(3)36-23(31)24(34-4,25(26,27)28)19-11-8-7-9-12-19/h5,7-9,11-17,21,29H,1,6,10H2,2-4H3/t17?,21?,24-/m1/s1. The maximum absolute atomic E-state index is 14.1. The van der Waals surface area contributed by atoms with Crippen molar-refractivity contribution in [1.82, 2.24) is 4.72 Å². The third-order valence-corrected chi connectivity index (χ3v) is 6.88. The van der Waals surface area contributed by atoms with Gasteiger partial charge in [0.15, 0.2) is 0 Å². The van der Waals surface area contributed by atoms with Gasteiger partial charge in [-0.2, -0.15) is 17.9 Å². The Morgan fingerprint density at radius 1 is 1.08 bits per heavy atom. The highest BCUT2D eigenvalue weighted by atomic mass is 32.2. The molecule has 0 saturated carbocycles. The number of ether oxygens (including phenoxy) is 3. The first-order chi connectivity index (χ1) is 17.3. The number of carbonyl (C=O) groups is 2. The van der Waals surface area contributed by atoms with Gasteiger partial charge in [-0.15, -0.1) is 6.58 Å². The number of carbonyl (C=O) groups excluding carboxylic acids is 2. The van der Waals surface area contributed by atoms with Gasteiger partial charge >= 0.3 is 18.1 Å². The molecule has 0 aliphatic carbocycles. The van der Waals surface area contributed by atoms with Crippen molar-refractivity contribution in [2.24, 2.45) is 0 Å². The zero-order valence-electron chi connectivity index (χ0n) is 20.4. The quantitative estimate of drug-likeness (QED) is 0.316. The number of rotatable bonds is 12. The van der Waals surface area contributed by atoms with E-state index in [9.17, 15) is 31.2 Å². The second-order valence-electron chi connectivity index (χ2n) is 7.82. The van der Waals surface area contributed by atoms with Gasteiger partial charge in [-0.3, -0.25) is 4.79 Å². The lowest BCUT2D eigenvalue weighted by molar-refractivity contribution is -0.278. The molecular formula is C25H28F3NO7S. The van der Waals surface area contributed by atoms with Crippen LogP contribution in [0.4, 0.5) is 13.2 Å². The third kappa shape index (κ3) is 6.76. The summed E-state index contributed by atoms with van der Waals surface area (Å²) in [7, 11) is -3.41. The van der Waals surface area contributed by atoms with Crippen molar-refractivity contribution in [2.75, 3.05) is 13.7 Å². The van der Waals surface area contributed by atoms with E-state index in [1.54, 1.807) is 6.92 Å². The van der Waals surface area contributed by atoms with E-state index >= 15 is 0 Å². The maximum Gasteiger partial charge on any atom is 0.432 e. The summed E-state index contributed by atoms with van der Waals surface area (Å²) in [5.41, 5.74) is -3.59. The predicted octanol–water partition coefficient (Wildman–Crippen LogP) is 4.18. The van der Waals surface area contributed by atoms with Crippen molar-refractivity contribution in [3.05, 3.63) is 78.4 Å². The van der Waals surface area contributed by atoms with Crippen LogP contribution < -0.4 is 4.72 Å². The number of sulfonamides is 1. The second kappa shape index (κ2) is 12.3. The first-order valence-corrected chi connectivity index (χ1v) is 12.6. The number of esters is 2. The Kier molecular flexibility index (Phi) is 10.0. The summed E-state index contributed by atoms with van der Waals surface area (Å²) in [4.78, 5) is 24.6. The lowest BCUT2D eigenvalue weighted by Gasteiger charge is -2.33. The first kappa shape index (κ1) is 30.0. The van der Waals surface area contributed by atoms with E-state index < -0.39 is 51.4 Å². The van der Waals surface area contributed by atoms with E-state index in [-0.39, 0.29) is 23.5 Å². The van der Waals surface area contributed by atoms with E-state index in [1.807, 2.05) is 0 Å². The molecule has 8 nitrogen and oxygen atoms in total. The lowest BCUT2D eigenvalue weighted by Crippen LogP contribution is -2.51. The summed E-state index contributed by atoms with van der Waals surface area (Å²) >= 11 is 0. The Morgan fingerprint density at radius 2 is 1.68 bits per heavy atom. The highest BCUT2D eigenvalue weighted by Gasteiger charge is 2.64. The fourth-order valence-corrected chi connectivity index (χ4v) is 4.67. The molecule has 1 N–H and O–H groups in total. The molecule has 2 unspecified atom stereocenters. The fraction of sp³-hybridized carbons (Fsp3) is 0.360. The van der Waals surface area contributed by atoms with E-state index in [1.165, 1.54) is 55.5 Å². The number of benzene rings is 2. The van der Waals surface area contributed by atoms with Crippen LogP contribution in [-0.2, 0) is 39.4 Å². The van der Waals surface area contributed by atoms with E-state index in [0.29, 0.717) is 0 Å². The molecule has 2 aromatic carbocycles. The molecular weight excluding hydrogens is 515 g/mol. The molecule has 0 bridgehead atoms. The van der Waals surface area contributed by atoms with Gasteiger partial charge in [0, 0.05) is 12.7 Å². The fourth-order valence-electron chi connectivity index (χ4n) is 3.47. The monoisotopic (exact) mass is 543 g/mol. The van der Waals surface area contributed by atoms with Crippen LogP contribution in [0.5, 0.6) is 0 Å². The van der Waals surface area contributed by atoms with Crippen LogP contribution in [0.3, 0.4) is 0 Å². The average Bonchev–Trinajstić information content (AvgIpc) is 2.84. The van der Waals surface area contributed by atoms with Crippen LogP contribution in [0.15, 0.2) is 72.1 Å². The minimum absolute atomic E-state index is 0.00893. The summed E-state index contributed by atoms with van der Waals surface area (Å²) in [5, 5.41) is 0. The molecule has 0 aliphatic heterocycles. The predicted molar refractivity (Wildman–Crippen MR) is 128 cm³/mol. The Labute approximate surface area is 213 Å². The van der Waals surface area contributed by atoms with Gasteiger partial charge in [-0.1, -0.05) is 48.5 Å². The van der Waals surface area contributed by atoms with Gasteiger partial charge in [0.2, 0.25) is 10.0 Å². The van der Waals surface area contributed by atoms with E-state index in [0.717, 1.165) is 19.2 Å². The van der Waals surface area contributed by atoms with E-state index in [4.69, 9.17) is 14.2 Å². The molecule has 0 amide bonds. The molecule has 2 aromatic rings. The zero-order valence-corrected chi connectivity index (χ0v) is 21.3. The van der Waals surface area contributed by atoms with Gasteiger partial charge in [-0.05, 0) is 38.0 Å². The van der Waals surface area contributed by atoms with Crippen molar-refractivity contribution in [3.63, 3.8) is 0 Å². The van der Waals surface area contributed by atoms with Crippen molar-refractivity contribution in [3.8, 4) is 0 Å². The van der Waals surface area contributed by atoms with Gasteiger partial charge in [-0.25, -0.2) is 13.2 Å². The Morgan fingerprint density at radius 3 is 2.16 bits per heavy atom. The van der Waals surface area contributed by atoms with Crippen molar-refractivity contribution < 1.29 is 45.4 Å². The Bertz CT molecular complexity index is 1190. The second-order valence-corrected chi connectivity index (χ2v) is 9.53. The smallest absolute Gasteiger partial charge is 0.432 e. The average molecular weight is 544 g/mol. The number of hydrogen-bond donors (Lipinski definition) is 1. The Hall–Kier alpha value is -3.22. The van der Waals surface area contributed by atoms with Gasteiger partial charge in [0.05, 0.1) is 11.5 Å². The van der Waals surface area contributed by atoms with Crippen LogP contribution in [0, 0.1) is 0 Å². The normalized spacial score (nSPS) is 15.2. The summed E-state index contributed by atoms with van der Waals surface area (Å²) in [6.45, 7) is 6.47. The topological polar surface area (TPSA) is 108 Å². The summed E-state index contributed by atoms with van der Waals surface area (Å²) in [6, 6.07) is 10.1. The molecule has 2 rings (SSSR count). The molecule has 0 spiro atoms. The molecule has 0 heterocycles. The van der Waals surface area contributed by atoms with Crippen molar-refractivity contribution in [1.29, 1.82) is 0 Å². The van der Waals surface area contributed by atoms with Gasteiger partial charge in [0.25, 0.3) is 5.60 Å². The minimum Gasteiger partial charge on any atom is -0.465 e. The summed E-state index contributed by atoms with van der Waals surface area (Å²) in [6.07, 6.45) is -4.97. The minimum atomic E-state index is -5.13. The molecule has 12 heteroatoms. The molecule has 0 radical (unpaired) electrons. The largest absolute Gasteiger partial charge is 0.465 e. The molecule has 0 fully saturated rings. The highest BCUT2D eigenvalue weighted by molar-refractivity contribution is 7.89. The van der Waals surface area contributed by atoms with E-state index in [2.05, 4.69) is 11.3 Å². The van der Waals surface area contributed by atoms with Crippen LogP contribution in [-0.4, -0.2) is 46.3 Å². The number of hydrogen-bond acceptors (Lipinski definition) is 7. The molecule has 0 aromatic heterocycles. The number of alkyl halides is 3. The molecule has 3 atom stereocenters. The number of halogens is 3. The SMILES string of the molecule is C=CCC(NS(=O)(=O)c1ccc(C(C)OC(=O)[C@](OC)(c2ccccc2)C(F)(F)F)cc1)C(=O)OCC. The van der Waals surface area contributed by atoms with Gasteiger partial charge < -0.3 is 14.2 Å². The molecule has 0 aliphatic rings. The maximum atomic E-state index is 14.1. The number of nitrogens with one attached hydrogen (secondary N) is 1. The van der Waals surface area contributed by atoms with Crippen LogP contribution in [0.25, 0.3) is 0 Å². The van der Waals surface area contributed by atoms with Gasteiger partial charge in [0.1, 0.15) is 12.1 Å². The molecule has 37 heavy (non-hydrogen) atoms. The van der Waals surface area contributed by atoms with Crippen molar-refractivity contribution >= 4 is 22.0 Å². The number of methoxy groups -OCH3 is 1. The molecule has 0 saturated heterocycles. The van der Waals surface area contributed by atoms with Crippen LogP contribution in [0.1, 0.15) is 37.5 Å². The van der Waals surface area contributed by atoms with Crippen molar-refractivity contribution in [2.45, 2.75) is 49.1 Å². The van der Waals surface area contributed by atoms with Crippen LogP contribution >= 0.6 is 0 Å².